The van der Waals surface area contributed by atoms with Gasteiger partial charge in [-0.2, -0.15) is 0 Å². The molecule has 1 amide bonds. The molecule has 2 aromatic rings. The zero-order valence-corrected chi connectivity index (χ0v) is 13.2. The molecule has 0 aliphatic rings. The Labute approximate surface area is 124 Å². The minimum atomic E-state index is -0.402. The van der Waals surface area contributed by atoms with Gasteiger partial charge in [0.15, 0.2) is 0 Å². The first-order valence-electron chi connectivity index (χ1n) is 4.99. The zero-order valence-electron chi connectivity index (χ0n) is 9.26. The molecular weight excluding hydrogens is 385 g/mol. The topological polar surface area (TPSA) is 29.1 Å². The van der Waals surface area contributed by atoms with Crippen LogP contribution in [0.4, 0.5) is 10.1 Å². The molecule has 0 atom stereocenters. The highest BCUT2D eigenvalue weighted by Crippen LogP contribution is 2.27. The van der Waals surface area contributed by atoms with Crippen LogP contribution in [0.1, 0.15) is 15.2 Å². The van der Waals surface area contributed by atoms with Gasteiger partial charge >= 0.3 is 0 Å². The summed E-state index contributed by atoms with van der Waals surface area (Å²) < 4.78 is 14.5. The second kappa shape index (κ2) is 5.50. The van der Waals surface area contributed by atoms with Crippen LogP contribution in [0.5, 0.6) is 0 Å². The van der Waals surface area contributed by atoms with Gasteiger partial charge in [0.1, 0.15) is 10.7 Å². The van der Waals surface area contributed by atoms with Crippen LogP contribution in [0, 0.1) is 12.7 Å². The highest BCUT2D eigenvalue weighted by atomic mass is 79.9. The standard InChI is InChI=1S/C12H8Br2FNOS/c1-6-4-8(14)9(15)5-10(6)16-12(17)11-7(13)2-3-18-11/h2-5H,1H3,(H,16,17). The van der Waals surface area contributed by atoms with Crippen molar-refractivity contribution in [2.45, 2.75) is 6.92 Å². The molecule has 6 heteroatoms. The van der Waals surface area contributed by atoms with Crippen molar-refractivity contribution in [3.63, 3.8) is 0 Å². The van der Waals surface area contributed by atoms with E-state index < -0.39 is 5.82 Å². The van der Waals surface area contributed by atoms with Crippen LogP contribution in [0.25, 0.3) is 0 Å². The van der Waals surface area contributed by atoms with Crippen molar-refractivity contribution in [1.82, 2.24) is 0 Å². The van der Waals surface area contributed by atoms with Crippen molar-refractivity contribution in [3.05, 3.63) is 48.8 Å². The Bertz CT molecular complexity index is 612. The summed E-state index contributed by atoms with van der Waals surface area (Å²) in [7, 11) is 0. The summed E-state index contributed by atoms with van der Waals surface area (Å²) >= 11 is 7.72. The van der Waals surface area contributed by atoms with E-state index in [1.54, 1.807) is 12.1 Å². The summed E-state index contributed by atoms with van der Waals surface area (Å²) in [6.07, 6.45) is 0. The molecule has 0 saturated heterocycles. The van der Waals surface area contributed by atoms with Crippen LogP contribution < -0.4 is 5.32 Å². The maximum absolute atomic E-state index is 13.4. The fourth-order valence-corrected chi connectivity index (χ4v) is 3.32. The summed E-state index contributed by atoms with van der Waals surface area (Å²) in [5.74, 6) is -0.650. The number of hydrogen-bond donors (Lipinski definition) is 1. The maximum Gasteiger partial charge on any atom is 0.266 e. The van der Waals surface area contributed by atoms with Gasteiger partial charge in [-0.1, -0.05) is 0 Å². The third kappa shape index (κ3) is 2.81. The lowest BCUT2D eigenvalue weighted by Gasteiger charge is -2.09. The molecule has 1 aromatic carbocycles. The number of nitrogens with one attached hydrogen (secondary N) is 1. The Morgan fingerprint density at radius 3 is 2.67 bits per heavy atom. The first kappa shape index (κ1) is 13.7. The molecule has 0 saturated carbocycles. The number of thiophene rings is 1. The molecule has 0 fully saturated rings. The first-order valence-corrected chi connectivity index (χ1v) is 7.45. The number of carbonyl (C=O) groups excluding carboxylic acids is 1. The van der Waals surface area contributed by atoms with Crippen LogP contribution in [-0.2, 0) is 0 Å². The van der Waals surface area contributed by atoms with Gasteiger partial charge in [-0.05, 0) is 67.9 Å². The summed E-state index contributed by atoms with van der Waals surface area (Å²) in [6.45, 7) is 1.81. The van der Waals surface area contributed by atoms with Crippen molar-refractivity contribution < 1.29 is 9.18 Å². The summed E-state index contributed by atoms with van der Waals surface area (Å²) in [4.78, 5) is 12.5. The molecule has 18 heavy (non-hydrogen) atoms. The molecule has 1 aromatic heterocycles. The number of halogens is 3. The Morgan fingerprint density at radius 1 is 1.33 bits per heavy atom. The molecule has 1 N–H and O–H groups in total. The van der Waals surface area contributed by atoms with E-state index in [2.05, 4.69) is 37.2 Å². The van der Waals surface area contributed by atoms with Gasteiger partial charge in [0.05, 0.1) is 4.47 Å². The largest absolute Gasteiger partial charge is 0.321 e. The Balaban J connectivity index is 2.28. The van der Waals surface area contributed by atoms with E-state index in [1.807, 2.05) is 12.3 Å². The molecule has 0 radical (unpaired) electrons. The smallest absolute Gasteiger partial charge is 0.266 e. The summed E-state index contributed by atoms with van der Waals surface area (Å²) in [6, 6.07) is 4.74. The number of hydrogen-bond acceptors (Lipinski definition) is 2. The van der Waals surface area contributed by atoms with Gasteiger partial charge in [0, 0.05) is 10.2 Å². The van der Waals surface area contributed by atoms with Gasteiger partial charge in [-0.25, -0.2) is 4.39 Å². The maximum atomic E-state index is 13.4. The lowest BCUT2D eigenvalue weighted by Crippen LogP contribution is -2.12. The van der Waals surface area contributed by atoms with E-state index in [0.717, 1.165) is 10.0 Å². The summed E-state index contributed by atoms with van der Waals surface area (Å²) in [5.41, 5.74) is 1.27. The zero-order chi connectivity index (χ0) is 13.3. The van der Waals surface area contributed by atoms with Crippen molar-refractivity contribution in [3.8, 4) is 0 Å². The van der Waals surface area contributed by atoms with Crippen molar-refractivity contribution in [2.75, 3.05) is 5.32 Å². The van der Waals surface area contributed by atoms with Gasteiger partial charge in [-0.15, -0.1) is 11.3 Å². The Hall–Kier alpha value is -0.720. The minimum absolute atomic E-state index is 0.248. The van der Waals surface area contributed by atoms with E-state index in [1.165, 1.54) is 17.4 Å². The monoisotopic (exact) mass is 391 g/mol. The van der Waals surface area contributed by atoms with Gasteiger partial charge in [0.25, 0.3) is 5.91 Å². The van der Waals surface area contributed by atoms with Crippen LogP contribution in [-0.4, -0.2) is 5.91 Å². The number of amides is 1. The predicted octanol–water partition coefficient (Wildman–Crippen LogP) is 4.97. The average molecular weight is 393 g/mol. The van der Waals surface area contributed by atoms with Crippen LogP contribution >= 0.6 is 43.2 Å². The van der Waals surface area contributed by atoms with E-state index >= 15 is 0 Å². The minimum Gasteiger partial charge on any atom is -0.321 e. The molecule has 0 unspecified atom stereocenters. The molecule has 0 bridgehead atoms. The molecule has 0 aliphatic heterocycles. The number of benzene rings is 1. The lowest BCUT2D eigenvalue weighted by atomic mass is 10.2. The van der Waals surface area contributed by atoms with Crippen molar-refractivity contribution in [1.29, 1.82) is 0 Å². The second-order valence-corrected chi connectivity index (χ2v) is 6.26. The fourth-order valence-electron chi connectivity index (χ4n) is 1.42. The molecule has 1 heterocycles. The van der Waals surface area contributed by atoms with Crippen LogP contribution in [0.15, 0.2) is 32.5 Å². The summed E-state index contributed by atoms with van der Waals surface area (Å²) in [5, 5.41) is 4.52. The predicted molar refractivity (Wildman–Crippen MR) is 78.8 cm³/mol. The lowest BCUT2D eigenvalue weighted by molar-refractivity contribution is 0.103. The van der Waals surface area contributed by atoms with Crippen LogP contribution in [0.3, 0.4) is 0 Å². The third-order valence-corrected chi connectivity index (χ3v) is 4.78. The number of aryl methyl sites for hydroxylation is 1. The molecule has 0 aliphatic carbocycles. The van der Waals surface area contributed by atoms with Crippen molar-refractivity contribution >= 4 is 54.8 Å². The normalized spacial score (nSPS) is 10.4. The van der Waals surface area contributed by atoms with E-state index in [4.69, 9.17) is 0 Å². The highest BCUT2D eigenvalue weighted by Gasteiger charge is 2.14. The molecular formula is C12H8Br2FNOS. The number of rotatable bonds is 2. The van der Waals surface area contributed by atoms with E-state index in [0.29, 0.717) is 15.0 Å². The van der Waals surface area contributed by atoms with E-state index in [-0.39, 0.29) is 5.91 Å². The number of anilines is 1. The fraction of sp³-hybridized carbons (Fsp3) is 0.0833. The Kier molecular flexibility index (Phi) is 4.19. The highest BCUT2D eigenvalue weighted by molar-refractivity contribution is 9.10. The van der Waals surface area contributed by atoms with Crippen molar-refractivity contribution in [2.24, 2.45) is 0 Å². The number of carbonyl (C=O) groups is 1. The Morgan fingerprint density at radius 2 is 2.06 bits per heavy atom. The SMILES string of the molecule is Cc1cc(Br)c(F)cc1NC(=O)c1sccc1Br. The molecule has 0 spiro atoms. The van der Waals surface area contributed by atoms with Gasteiger partial charge in [-0.3, -0.25) is 4.79 Å². The average Bonchev–Trinajstić information content (AvgIpc) is 2.72. The quantitative estimate of drug-likeness (QED) is 0.767. The van der Waals surface area contributed by atoms with E-state index in [9.17, 15) is 9.18 Å². The van der Waals surface area contributed by atoms with Gasteiger partial charge in [0.2, 0.25) is 0 Å². The molecule has 94 valence electrons. The van der Waals surface area contributed by atoms with Gasteiger partial charge < -0.3 is 5.32 Å². The van der Waals surface area contributed by atoms with Crippen LogP contribution in [0.2, 0.25) is 0 Å². The molecule has 2 rings (SSSR count). The third-order valence-electron chi connectivity index (χ3n) is 2.34. The molecule has 2 nitrogen and oxygen atoms in total. The first-order chi connectivity index (χ1) is 8.49. The second-order valence-electron chi connectivity index (χ2n) is 3.63.